The molecule has 0 aliphatic carbocycles. The van der Waals surface area contributed by atoms with Crippen molar-refractivity contribution in [2.45, 2.75) is 44.4 Å². The minimum absolute atomic E-state index is 0.0976. The first-order valence-electron chi connectivity index (χ1n) is 11.0. The summed E-state index contributed by atoms with van der Waals surface area (Å²) in [6.07, 6.45) is 6.58. The average molecular weight is 395 g/mol. The van der Waals surface area contributed by atoms with E-state index in [1.54, 1.807) is 12.1 Å². The quantitative estimate of drug-likeness (QED) is 0.663. The molecule has 0 amide bonds. The van der Waals surface area contributed by atoms with Crippen molar-refractivity contribution in [3.8, 4) is 0 Å². The molecule has 29 heavy (non-hydrogen) atoms. The number of halogens is 1. The molecule has 0 aromatic heterocycles. The molecular weight excluding hydrogens is 363 g/mol. The van der Waals surface area contributed by atoms with Crippen LogP contribution in [0.15, 0.2) is 42.5 Å². The lowest BCUT2D eigenvalue weighted by atomic mass is 9.87. The van der Waals surface area contributed by atoms with Crippen LogP contribution in [0, 0.1) is 5.82 Å². The fraction of sp³-hybridized carbons (Fsp3) is 0.480. The minimum atomic E-state index is -0.299. The number of fused-ring (bicyclic) bond motifs is 1. The lowest BCUT2D eigenvalue weighted by Gasteiger charge is -2.35. The number of carbonyl (C=O) groups is 1. The Morgan fingerprint density at radius 2 is 1.90 bits per heavy atom. The van der Waals surface area contributed by atoms with Crippen LogP contribution in [0.4, 0.5) is 10.1 Å². The van der Waals surface area contributed by atoms with E-state index in [9.17, 15) is 9.18 Å². The number of likely N-dealkylation sites (tertiary alicyclic amines) is 1. The number of benzene rings is 2. The van der Waals surface area contributed by atoms with Crippen LogP contribution in [0.25, 0.3) is 0 Å². The van der Waals surface area contributed by atoms with Gasteiger partial charge in [0.15, 0.2) is 5.78 Å². The van der Waals surface area contributed by atoms with E-state index in [1.165, 1.54) is 61.1 Å². The summed E-state index contributed by atoms with van der Waals surface area (Å²) in [5, 5.41) is 0. The molecule has 2 aliphatic rings. The fourth-order valence-corrected chi connectivity index (χ4v) is 4.94. The van der Waals surface area contributed by atoms with Crippen LogP contribution in [-0.2, 0) is 6.42 Å². The topological polar surface area (TPSA) is 23.6 Å². The Bertz CT molecular complexity index is 848. The van der Waals surface area contributed by atoms with Gasteiger partial charge in [-0.05, 0) is 80.0 Å². The van der Waals surface area contributed by atoms with Gasteiger partial charge < -0.3 is 9.80 Å². The monoisotopic (exact) mass is 394 g/mol. The number of hydrogen-bond acceptors (Lipinski definition) is 3. The van der Waals surface area contributed by atoms with Gasteiger partial charge in [0.2, 0.25) is 0 Å². The Labute approximate surface area is 173 Å². The Morgan fingerprint density at radius 1 is 1.07 bits per heavy atom. The number of hydrogen-bond donors (Lipinski definition) is 0. The molecule has 154 valence electrons. The highest BCUT2D eigenvalue weighted by atomic mass is 19.1. The second kappa shape index (κ2) is 9.08. The average Bonchev–Trinajstić information content (AvgIpc) is 2.94. The van der Waals surface area contributed by atoms with Crippen molar-refractivity contribution in [3.05, 3.63) is 65.0 Å². The standard InChI is InChI=1S/C25H31FN2O/c1-27-15-3-2-6-20-7-4-9-23(25(20)27)21-8-5-16-28(18-21)17-14-24(29)19-10-12-22(26)13-11-19/h4,7,9-13,21H,2-3,5-6,8,14-18H2,1H3/t21-/m0/s1. The summed E-state index contributed by atoms with van der Waals surface area (Å²) in [4.78, 5) is 17.4. The molecule has 1 saturated heterocycles. The predicted octanol–water partition coefficient (Wildman–Crippen LogP) is 5.05. The van der Waals surface area contributed by atoms with E-state index in [4.69, 9.17) is 0 Å². The smallest absolute Gasteiger partial charge is 0.164 e. The molecule has 4 heteroatoms. The third-order valence-electron chi connectivity index (χ3n) is 6.49. The molecule has 0 bridgehead atoms. The Hall–Kier alpha value is -2.20. The van der Waals surface area contributed by atoms with E-state index >= 15 is 0 Å². The zero-order valence-electron chi connectivity index (χ0n) is 17.4. The van der Waals surface area contributed by atoms with Crippen LogP contribution in [-0.4, -0.2) is 43.9 Å². The normalized spacial score (nSPS) is 20.2. The molecule has 1 atom stereocenters. The second-order valence-corrected chi connectivity index (χ2v) is 8.55. The van der Waals surface area contributed by atoms with E-state index in [0.29, 0.717) is 17.9 Å². The van der Waals surface area contributed by atoms with E-state index in [1.807, 2.05) is 0 Å². The number of anilines is 1. The number of aryl methyl sites for hydroxylation is 1. The van der Waals surface area contributed by atoms with Crippen LogP contribution in [0.3, 0.4) is 0 Å². The van der Waals surface area contributed by atoms with Crippen molar-refractivity contribution in [1.82, 2.24) is 4.90 Å². The van der Waals surface area contributed by atoms with Gasteiger partial charge in [-0.25, -0.2) is 4.39 Å². The van der Waals surface area contributed by atoms with E-state index < -0.39 is 0 Å². The molecule has 2 heterocycles. The summed E-state index contributed by atoms with van der Waals surface area (Å²) >= 11 is 0. The zero-order valence-corrected chi connectivity index (χ0v) is 17.4. The minimum Gasteiger partial charge on any atom is -0.374 e. The molecule has 1 fully saturated rings. The highest BCUT2D eigenvalue weighted by Crippen LogP contribution is 2.37. The number of ketones is 1. The van der Waals surface area contributed by atoms with Crippen molar-refractivity contribution < 1.29 is 9.18 Å². The Morgan fingerprint density at radius 3 is 2.72 bits per heavy atom. The maximum absolute atomic E-state index is 13.1. The molecular formula is C25H31FN2O. The van der Waals surface area contributed by atoms with Crippen molar-refractivity contribution in [2.24, 2.45) is 0 Å². The Kier molecular flexibility index (Phi) is 6.29. The van der Waals surface area contributed by atoms with Crippen molar-refractivity contribution >= 4 is 11.5 Å². The molecule has 0 radical (unpaired) electrons. The van der Waals surface area contributed by atoms with E-state index in [2.05, 4.69) is 35.0 Å². The summed E-state index contributed by atoms with van der Waals surface area (Å²) in [6.45, 7) is 3.98. The number of carbonyl (C=O) groups excluding carboxylic acids is 1. The molecule has 3 nitrogen and oxygen atoms in total. The molecule has 0 spiro atoms. The molecule has 2 aromatic rings. The summed E-state index contributed by atoms with van der Waals surface area (Å²) in [6, 6.07) is 12.7. The predicted molar refractivity (Wildman–Crippen MR) is 116 cm³/mol. The van der Waals surface area contributed by atoms with Gasteiger partial charge >= 0.3 is 0 Å². The van der Waals surface area contributed by atoms with E-state index in [0.717, 1.165) is 26.2 Å². The summed E-state index contributed by atoms with van der Waals surface area (Å²) in [5.74, 6) is 0.327. The first-order valence-corrected chi connectivity index (χ1v) is 11.0. The lowest BCUT2D eigenvalue weighted by Crippen LogP contribution is -2.36. The number of Topliss-reactive ketones (excluding diaryl/α,β-unsaturated/α-hetero) is 1. The van der Waals surface area contributed by atoms with Gasteiger partial charge in [-0.15, -0.1) is 0 Å². The third-order valence-corrected chi connectivity index (χ3v) is 6.49. The maximum Gasteiger partial charge on any atom is 0.164 e. The van der Waals surface area contributed by atoms with Crippen LogP contribution < -0.4 is 4.90 Å². The molecule has 4 rings (SSSR count). The van der Waals surface area contributed by atoms with E-state index in [-0.39, 0.29) is 11.6 Å². The van der Waals surface area contributed by atoms with Gasteiger partial charge in [-0.2, -0.15) is 0 Å². The van der Waals surface area contributed by atoms with Crippen molar-refractivity contribution in [1.29, 1.82) is 0 Å². The maximum atomic E-state index is 13.1. The van der Waals surface area contributed by atoms with Crippen LogP contribution >= 0.6 is 0 Å². The van der Waals surface area contributed by atoms with Gasteiger partial charge in [-0.3, -0.25) is 4.79 Å². The molecule has 0 unspecified atom stereocenters. The largest absolute Gasteiger partial charge is 0.374 e. The first kappa shape index (κ1) is 20.1. The SMILES string of the molecule is CN1CCCCc2cccc([C@H]3CCCN(CCC(=O)c4ccc(F)cc4)C3)c21. The highest BCUT2D eigenvalue weighted by Gasteiger charge is 2.26. The fourth-order valence-electron chi connectivity index (χ4n) is 4.94. The van der Waals surface area contributed by atoms with Crippen molar-refractivity contribution in [3.63, 3.8) is 0 Å². The van der Waals surface area contributed by atoms with Gasteiger partial charge in [0.05, 0.1) is 0 Å². The third kappa shape index (κ3) is 4.69. The van der Waals surface area contributed by atoms with Gasteiger partial charge in [0.1, 0.15) is 5.82 Å². The number of rotatable bonds is 5. The first-order chi connectivity index (χ1) is 14.1. The van der Waals surface area contributed by atoms with Crippen LogP contribution in [0.2, 0.25) is 0 Å². The summed E-state index contributed by atoms with van der Waals surface area (Å²) < 4.78 is 13.1. The highest BCUT2D eigenvalue weighted by molar-refractivity contribution is 5.96. The van der Waals surface area contributed by atoms with Gasteiger partial charge in [-0.1, -0.05) is 18.2 Å². The van der Waals surface area contributed by atoms with Crippen LogP contribution in [0.1, 0.15) is 59.5 Å². The molecule has 0 saturated carbocycles. The molecule has 2 aliphatic heterocycles. The molecule has 0 N–H and O–H groups in total. The van der Waals surface area contributed by atoms with Gasteiger partial charge in [0.25, 0.3) is 0 Å². The number of nitrogens with zero attached hydrogens (tertiary/aromatic N) is 2. The van der Waals surface area contributed by atoms with Crippen LogP contribution in [0.5, 0.6) is 0 Å². The number of piperidine rings is 1. The number of para-hydroxylation sites is 1. The lowest BCUT2D eigenvalue weighted by molar-refractivity contribution is 0.0955. The molecule has 2 aromatic carbocycles. The van der Waals surface area contributed by atoms with Crippen molar-refractivity contribution in [2.75, 3.05) is 38.1 Å². The van der Waals surface area contributed by atoms with Gasteiger partial charge in [0, 0.05) is 44.4 Å². The summed E-state index contributed by atoms with van der Waals surface area (Å²) in [7, 11) is 2.23. The Balaban J connectivity index is 1.43. The second-order valence-electron chi connectivity index (χ2n) is 8.55. The zero-order chi connectivity index (χ0) is 20.2. The summed E-state index contributed by atoms with van der Waals surface area (Å²) in [5.41, 5.74) is 5.04.